The van der Waals surface area contributed by atoms with Crippen LogP contribution in [-0.4, -0.2) is 43.6 Å². The van der Waals surface area contributed by atoms with E-state index >= 15 is 0 Å². The number of carbonyl (C=O) groups is 1. The third kappa shape index (κ3) is 3.88. The van der Waals surface area contributed by atoms with Crippen LogP contribution in [0.25, 0.3) is 0 Å². The van der Waals surface area contributed by atoms with Crippen LogP contribution in [0.2, 0.25) is 0 Å². The number of esters is 1. The highest BCUT2D eigenvalue weighted by molar-refractivity contribution is 5.81. The molecule has 3 aromatic carbocycles. The number of methoxy groups -OCH3 is 1. The lowest BCUT2D eigenvalue weighted by atomic mass is 9.76. The molecule has 160 valence electrons. The van der Waals surface area contributed by atoms with Crippen molar-refractivity contribution < 1.29 is 19.0 Å². The van der Waals surface area contributed by atoms with Gasteiger partial charge in [-0.2, -0.15) is 0 Å². The van der Waals surface area contributed by atoms with Crippen molar-refractivity contribution in [1.82, 2.24) is 4.90 Å². The Labute approximate surface area is 183 Å². The number of nitrogens with zero attached hydrogens (tertiary/aromatic N) is 1. The van der Waals surface area contributed by atoms with Gasteiger partial charge in [-0.1, -0.05) is 91.0 Å². The molecule has 31 heavy (non-hydrogen) atoms. The van der Waals surface area contributed by atoms with Crippen molar-refractivity contribution in [3.05, 3.63) is 108 Å². The first-order valence-electron chi connectivity index (χ1n) is 10.5. The molecule has 0 saturated carbocycles. The predicted octanol–water partition coefficient (Wildman–Crippen LogP) is 4.17. The molecule has 0 radical (unpaired) electrons. The zero-order valence-corrected chi connectivity index (χ0v) is 17.8. The Bertz CT molecular complexity index is 881. The number of carbonyl (C=O) groups excluding carboxylic acids is 1. The first-order chi connectivity index (χ1) is 15.2. The summed E-state index contributed by atoms with van der Waals surface area (Å²) in [5.41, 5.74) is 2.40. The Balaban J connectivity index is 1.95. The fraction of sp³-hybridized carbons (Fsp3) is 0.269. The summed E-state index contributed by atoms with van der Waals surface area (Å²) in [5.74, 6) is -0.296. The largest absolute Gasteiger partial charge is 0.465 e. The van der Waals surface area contributed by atoms with E-state index in [9.17, 15) is 4.79 Å². The van der Waals surface area contributed by atoms with E-state index < -0.39 is 17.8 Å². The van der Waals surface area contributed by atoms with Crippen molar-refractivity contribution in [2.24, 2.45) is 0 Å². The second kappa shape index (κ2) is 9.43. The van der Waals surface area contributed by atoms with Crippen LogP contribution in [0.5, 0.6) is 0 Å². The van der Waals surface area contributed by atoms with Crippen LogP contribution in [0.1, 0.15) is 23.6 Å². The summed E-state index contributed by atoms with van der Waals surface area (Å²) in [6.07, 6.45) is -0.473. The molecule has 1 aliphatic heterocycles. The standard InChI is InChI=1S/C26H27NO4/c1-3-30-25(28)23-24(31-19-29-2)27(23)26(20-13-7-4-8-14-20,21-15-9-5-10-16-21)22-17-11-6-12-18-22/h4-18,23-24H,3,19H2,1-2H3/t23-,24-,27?/m1/s1. The van der Waals surface area contributed by atoms with Crippen LogP contribution in [0.3, 0.4) is 0 Å². The average molecular weight is 418 g/mol. The normalized spacial score (nSPS) is 20.3. The lowest BCUT2D eigenvalue weighted by molar-refractivity contribution is -0.144. The van der Waals surface area contributed by atoms with Gasteiger partial charge in [0.25, 0.3) is 0 Å². The number of hydrogen-bond donors (Lipinski definition) is 0. The van der Waals surface area contributed by atoms with E-state index in [-0.39, 0.29) is 12.8 Å². The maximum Gasteiger partial charge on any atom is 0.327 e. The SMILES string of the molecule is CCOC(=O)[C@H]1[C@@H](OCOC)N1C(c1ccccc1)(c1ccccc1)c1ccccc1. The van der Waals surface area contributed by atoms with E-state index in [1.165, 1.54) is 0 Å². The monoisotopic (exact) mass is 417 g/mol. The van der Waals surface area contributed by atoms with E-state index in [2.05, 4.69) is 41.3 Å². The van der Waals surface area contributed by atoms with Gasteiger partial charge in [-0.05, 0) is 23.6 Å². The fourth-order valence-electron chi connectivity index (χ4n) is 4.36. The molecule has 5 nitrogen and oxygen atoms in total. The minimum atomic E-state index is -0.736. The number of benzene rings is 3. The second-order valence-electron chi connectivity index (χ2n) is 7.38. The van der Waals surface area contributed by atoms with Crippen LogP contribution in [0, 0.1) is 0 Å². The van der Waals surface area contributed by atoms with Gasteiger partial charge in [0.05, 0.1) is 6.61 Å². The number of hydrogen-bond acceptors (Lipinski definition) is 5. The maximum atomic E-state index is 12.9. The molecule has 3 aromatic rings. The van der Waals surface area contributed by atoms with Crippen molar-refractivity contribution >= 4 is 5.97 Å². The minimum absolute atomic E-state index is 0.0888. The molecule has 0 spiro atoms. The predicted molar refractivity (Wildman–Crippen MR) is 118 cm³/mol. The quantitative estimate of drug-likeness (QED) is 0.226. The first kappa shape index (κ1) is 21.2. The Morgan fingerprint density at radius 3 is 1.68 bits per heavy atom. The lowest BCUT2D eigenvalue weighted by Crippen LogP contribution is -2.41. The molecular weight excluding hydrogens is 390 g/mol. The molecule has 1 unspecified atom stereocenters. The zero-order chi connectivity index (χ0) is 21.7. The van der Waals surface area contributed by atoms with Crippen LogP contribution in [-0.2, 0) is 24.5 Å². The van der Waals surface area contributed by atoms with E-state index in [1.54, 1.807) is 7.11 Å². The van der Waals surface area contributed by atoms with Crippen LogP contribution in [0.4, 0.5) is 0 Å². The summed E-state index contributed by atoms with van der Waals surface area (Å²) in [7, 11) is 1.57. The van der Waals surface area contributed by atoms with Gasteiger partial charge in [-0.15, -0.1) is 0 Å². The average Bonchev–Trinajstić information content (AvgIpc) is 3.55. The molecular formula is C26H27NO4. The van der Waals surface area contributed by atoms with Gasteiger partial charge < -0.3 is 14.2 Å². The number of ether oxygens (including phenoxy) is 3. The lowest BCUT2D eigenvalue weighted by Gasteiger charge is -2.38. The summed E-state index contributed by atoms with van der Waals surface area (Å²) in [6, 6.07) is 30.1. The minimum Gasteiger partial charge on any atom is -0.465 e. The molecule has 1 aliphatic rings. The van der Waals surface area contributed by atoms with E-state index in [4.69, 9.17) is 14.2 Å². The summed E-state index contributed by atoms with van der Waals surface area (Å²) >= 11 is 0. The molecule has 0 aliphatic carbocycles. The van der Waals surface area contributed by atoms with Gasteiger partial charge >= 0.3 is 5.97 Å². The molecule has 3 atom stereocenters. The molecule has 4 rings (SSSR count). The van der Waals surface area contributed by atoms with Crippen molar-refractivity contribution in [3.63, 3.8) is 0 Å². The third-order valence-corrected chi connectivity index (χ3v) is 5.60. The fourth-order valence-corrected chi connectivity index (χ4v) is 4.36. The van der Waals surface area contributed by atoms with Gasteiger partial charge in [-0.25, -0.2) is 4.90 Å². The van der Waals surface area contributed by atoms with E-state index in [0.717, 1.165) is 16.7 Å². The summed E-state index contributed by atoms with van der Waals surface area (Å²) in [5, 5.41) is 0. The van der Waals surface area contributed by atoms with Crippen molar-refractivity contribution in [3.8, 4) is 0 Å². The second-order valence-corrected chi connectivity index (χ2v) is 7.38. The molecule has 0 N–H and O–H groups in total. The summed E-state index contributed by atoms with van der Waals surface area (Å²) < 4.78 is 16.5. The van der Waals surface area contributed by atoms with Crippen molar-refractivity contribution in [1.29, 1.82) is 0 Å². The Morgan fingerprint density at radius 2 is 1.29 bits per heavy atom. The van der Waals surface area contributed by atoms with Gasteiger partial charge in [0.1, 0.15) is 18.6 Å². The van der Waals surface area contributed by atoms with Crippen LogP contribution < -0.4 is 0 Å². The van der Waals surface area contributed by atoms with Gasteiger partial charge in [0.2, 0.25) is 0 Å². The van der Waals surface area contributed by atoms with Crippen LogP contribution >= 0.6 is 0 Å². The Hall–Kier alpha value is -2.99. The third-order valence-electron chi connectivity index (χ3n) is 5.60. The highest BCUT2D eigenvalue weighted by atomic mass is 16.7. The molecule has 5 heteroatoms. The van der Waals surface area contributed by atoms with Crippen molar-refractivity contribution in [2.45, 2.75) is 24.7 Å². The van der Waals surface area contributed by atoms with E-state index in [0.29, 0.717) is 6.61 Å². The Morgan fingerprint density at radius 1 is 0.839 bits per heavy atom. The van der Waals surface area contributed by atoms with Gasteiger partial charge in [0, 0.05) is 7.11 Å². The first-order valence-corrected chi connectivity index (χ1v) is 10.5. The molecule has 0 aromatic heterocycles. The smallest absolute Gasteiger partial charge is 0.327 e. The molecule has 1 saturated heterocycles. The van der Waals surface area contributed by atoms with E-state index in [1.807, 2.05) is 61.5 Å². The number of rotatable bonds is 9. The maximum absolute atomic E-state index is 12.9. The summed E-state index contributed by atoms with van der Waals surface area (Å²) in [4.78, 5) is 15.0. The topological polar surface area (TPSA) is 47.8 Å². The molecule has 0 bridgehead atoms. The van der Waals surface area contributed by atoms with Crippen molar-refractivity contribution in [2.75, 3.05) is 20.5 Å². The molecule has 1 heterocycles. The van der Waals surface area contributed by atoms with Gasteiger partial charge in [0.15, 0.2) is 6.04 Å². The molecule has 0 amide bonds. The van der Waals surface area contributed by atoms with Gasteiger partial charge in [-0.3, -0.25) is 4.79 Å². The highest BCUT2D eigenvalue weighted by Gasteiger charge is 2.65. The summed E-state index contributed by atoms with van der Waals surface area (Å²) in [6.45, 7) is 2.22. The zero-order valence-electron chi connectivity index (χ0n) is 17.8. The molecule has 1 fully saturated rings. The highest BCUT2D eigenvalue weighted by Crippen LogP contribution is 2.52. The van der Waals surface area contributed by atoms with Crippen LogP contribution in [0.15, 0.2) is 91.0 Å². The Kier molecular flexibility index (Phi) is 6.47.